The molecule has 3 heterocycles. The first-order valence-corrected chi connectivity index (χ1v) is 11.9. The van der Waals surface area contributed by atoms with Gasteiger partial charge in [-0.1, -0.05) is 0 Å². The number of rotatable bonds is 8. The minimum atomic E-state index is -5.61. The van der Waals surface area contributed by atoms with Crippen molar-refractivity contribution >= 4 is 15.6 Å². The molecule has 2 aliphatic rings. The lowest BCUT2D eigenvalue weighted by Crippen LogP contribution is -2.37. The summed E-state index contributed by atoms with van der Waals surface area (Å²) in [6.07, 6.45) is -14.0. The highest BCUT2D eigenvalue weighted by molar-refractivity contribution is 7.61. The van der Waals surface area contributed by atoms with E-state index in [2.05, 4.69) is 13.4 Å². The zero-order valence-electron chi connectivity index (χ0n) is 16.1. The van der Waals surface area contributed by atoms with Crippen LogP contribution in [0.5, 0.6) is 0 Å². The average molecular weight is 522 g/mol. The van der Waals surface area contributed by atoms with Gasteiger partial charge < -0.3 is 44.8 Å². The highest BCUT2D eigenvalue weighted by atomic mass is 31.3. The minimum Gasteiger partial charge on any atom is -0.394 e. The Labute approximate surface area is 182 Å². The first kappa shape index (κ1) is 26.3. The third kappa shape index (κ3) is 5.84. The maximum absolute atomic E-state index is 12.2. The number of aliphatic hydroxyl groups is 5. The molecule has 0 amide bonds. The normalized spacial score (nSPS) is 38.2. The molecule has 0 bridgehead atoms. The molecule has 2 fully saturated rings. The molecule has 18 nitrogen and oxygen atoms in total. The standard InChI is InChI=1S/C13H20N2O16P2/c16-3-4-6(18)8(20)11(27-4)29-32(23,24)31-33(25,26)30-12-9(21)7(19)10(28-12)15-2-1-5(17)14-13(15)22/h1-2,4,6-12,16,18-21H,3H2,(H,23,24)(H,25,26)(H,14,17,22)/t4-,6-,7+,8+,9-,10+,11+,12+/m0/s1. The van der Waals surface area contributed by atoms with Gasteiger partial charge in [0, 0.05) is 12.3 Å². The highest BCUT2D eigenvalue weighted by Gasteiger charge is 2.51. The Bertz CT molecular complexity index is 1060. The minimum absolute atomic E-state index is 0.629. The summed E-state index contributed by atoms with van der Waals surface area (Å²) < 4.78 is 47.5. The van der Waals surface area contributed by atoms with Crippen LogP contribution in [-0.2, 0) is 32.0 Å². The largest absolute Gasteiger partial charge is 0.483 e. The predicted octanol–water partition coefficient (Wildman–Crippen LogP) is -4.20. The number of ether oxygens (including phenoxy) is 2. The van der Waals surface area contributed by atoms with Crippen LogP contribution in [-0.4, -0.2) is 94.6 Å². The van der Waals surface area contributed by atoms with Crippen LogP contribution < -0.4 is 11.2 Å². The van der Waals surface area contributed by atoms with Crippen molar-refractivity contribution in [1.29, 1.82) is 0 Å². The Balaban J connectivity index is 1.67. The van der Waals surface area contributed by atoms with Gasteiger partial charge in [-0.05, 0) is 0 Å². The van der Waals surface area contributed by atoms with Crippen molar-refractivity contribution in [2.24, 2.45) is 0 Å². The number of aromatic nitrogens is 2. The van der Waals surface area contributed by atoms with Crippen LogP contribution in [0.4, 0.5) is 0 Å². The zero-order valence-corrected chi connectivity index (χ0v) is 17.9. The van der Waals surface area contributed by atoms with Gasteiger partial charge in [0.05, 0.1) is 6.61 Å². The van der Waals surface area contributed by atoms with E-state index < -0.39 is 82.8 Å². The molecule has 1 aromatic rings. The van der Waals surface area contributed by atoms with Gasteiger partial charge in [0.1, 0.15) is 30.5 Å². The van der Waals surface area contributed by atoms with Gasteiger partial charge in [-0.15, -0.1) is 0 Å². The molecule has 0 aliphatic carbocycles. The van der Waals surface area contributed by atoms with E-state index in [1.807, 2.05) is 4.98 Å². The van der Waals surface area contributed by atoms with Crippen LogP contribution in [0.25, 0.3) is 0 Å². The quantitative estimate of drug-likeness (QED) is 0.150. The second-order valence-corrected chi connectivity index (χ2v) is 9.78. The number of hydrogen-bond acceptors (Lipinski definition) is 14. The number of aromatic amines is 1. The summed E-state index contributed by atoms with van der Waals surface area (Å²) in [5.74, 6) is 0. The molecule has 8 N–H and O–H groups in total. The van der Waals surface area contributed by atoms with Gasteiger partial charge in [0.2, 0.25) is 0 Å². The third-order valence-electron chi connectivity index (χ3n) is 4.50. The van der Waals surface area contributed by atoms with E-state index in [0.717, 1.165) is 12.3 Å². The van der Waals surface area contributed by atoms with Crippen LogP contribution in [0.2, 0.25) is 0 Å². The molecule has 188 valence electrons. The first-order chi connectivity index (χ1) is 15.2. The van der Waals surface area contributed by atoms with Crippen LogP contribution in [0.15, 0.2) is 21.9 Å². The van der Waals surface area contributed by atoms with Crippen molar-refractivity contribution in [3.8, 4) is 0 Å². The predicted molar refractivity (Wildman–Crippen MR) is 97.9 cm³/mol. The van der Waals surface area contributed by atoms with Gasteiger partial charge in [0.15, 0.2) is 18.8 Å². The summed E-state index contributed by atoms with van der Waals surface area (Å²) in [6.45, 7) is -0.797. The maximum atomic E-state index is 12.2. The van der Waals surface area contributed by atoms with E-state index in [4.69, 9.17) is 14.6 Å². The molecule has 3 rings (SSSR count). The first-order valence-electron chi connectivity index (χ1n) is 8.94. The van der Waals surface area contributed by atoms with Crippen molar-refractivity contribution in [2.75, 3.05) is 6.61 Å². The Kier molecular flexibility index (Phi) is 7.74. The number of phosphoric acid groups is 2. The van der Waals surface area contributed by atoms with E-state index in [-0.39, 0.29) is 0 Å². The lowest BCUT2D eigenvalue weighted by molar-refractivity contribution is -0.139. The Hall–Kier alpha value is -1.34. The second kappa shape index (κ2) is 9.73. The monoisotopic (exact) mass is 522 g/mol. The average Bonchev–Trinajstić information content (AvgIpc) is 3.11. The van der Waals surface area contributed by atoms with Crippen LogP contribution in [0.1, 0.15) is 6.23 Å². The van der Waals surface area contributed by atoms with Crippen molar-refractivity contribution in [2.45, 2.75) is 49.3 Å². The highest BCUT2D eigenvalue weighted by Crippen LogP contribution is 2.62. The number of phosphoric ester groups is 2. The van der Waals surface area contributed by atoms with E-state index >= 15 is 0 Å². The number of nitrogens with zero attached hydrogens (tertiary/aromatic N) is 1. The summed E-state index contributed by atoms with van der Waals surface area (Å²) in [6, 6.07) is 0.884. The fraction of sp³-hybridized carbons (Fsp3) is 0.692. The molecule has 0 aromatic carbocycles. The summed E-state index contributed by atoms with van der Waals surface area (Å²) in [4.78, 5) is 44.3. The van der Waals surface area contributed by atoms with Crippen LogP contribution in [0, 0.1) is 0 Å². The molecule has 0 radical (unpaired) electrons. The summed E-state index contributed by atoms with van der Waals surface area (Å²) >= 11 is 0. The van der Waals surface area contributed by atoms with Crippen LogP contribution in [0.3, 0.4) is 0 Å². The molecule has 1 aromatic heterocycles. The van der Waals surface area contributed by atoms with Crippen molar-refractivity contribution in [3.05, 3.63) is 33.1 Å². The summed E-state index contributed by atoms with van der Waals surface area (Å²) in [5.41, 5.74) is -1.84. The number of aliphatic hydroxyl groups excluding tert-OH is 5. The molecule has 2 aliphatic heterocycles. The van der Waals surface area contributed by atoms with E-state index in [1.165, 1.54) is 0 Å². The fourth-order valence-electron chi connectivity index (χ4n) is 2.96. The molecule has 20 heteroatoms. The van der Waals surface area contributed by atoms with Gasteiger partial charge in [-0.3, -0.25) is 23.4 Å². The van der Waals surface area contributed by atoms with E-state index in [1.54, 1.807) is 0 Å². The third-order valence-corrected chi connectivity index (χ3v) is 7.10. The van der Waals surface area contributed by atoms with Crippen LogP contribution >= 0.6 is 15.6 Å². The fourth-order valence-corrected chi connectivity index (χ4v) is 5.18. The summed E-state index contributed by atoms with van der Waals surface area (Å²) in [5, 5.41) is 48.3. The van der Waals surface area contributed by atoms with Gasteiger partial charge >= 0.3 is 21.3 Å². The molecular weight excluding hydrogens is 502 g/mol. The Morgan fingerprint density at radius 2 is 1.48 bits per heavy atom. The molecule has 2 saturated heterocycles. The summed E-state index contributed by atoms with van der Waals surface area (Å²) in [7, 11) is -11.2. The van der Waals surface area contributed by atoms with E-state index in [0.29, 0.717) is 4.57 Å². The SMILES string of the molecule is O=c1ccn([C@@H]2O[C@H](OP(=O)(O)OP(=O)(O)O[C@H]3O[C@@H](CO)[C@H](O)[C@H]3O)[C@@H](O)[C@H]2O)c(=O)[nH]1. The lowest BCUT2D eigenvalue weighted by Gasteiger charge is -2.22. The van der Waals surface area contributed by atoms with Gasteiger partial charge in [-0.2, -0.15) is 4.31 Å². The Morgan fingerprint density at radius 1 is 0.939 bits per heavy atom. The van der Waals surface area contributed by atoms with Crippen molar-refractivity contribution in [1.82, 2.24) is 9.55 Å². The van der Waals surface area contributed by atoms with Crippen molar-refractivity contribution in [3.63, 3.8) is 0 Å². The van der Waals surface area contributed by atoms with Gasteiger partial charge in [0.25, 0.3) is 5.56 Å². The van der Waals surface area contributed by atoms with Crippen molar-refractivity contribution < 1.29 is 67.3 Å². The Morgan fingerprint density at radius 3 is 2.00 bits per heavy atom. The number of nitrogens with one attached hydrogen (secondary N) is 1. The number of hydrogen-bond donors (Lipinski definition) is 8. The zero-order chi connectivity index (χ0) is 24.7. The smallest absolute Gasteiger partial charge is 0.394 e. The molecule has 10 atom stereocenters. The van der Waals surface area contributed by atoms with E-state index in [9.17, 15) is 48.9 Å². The molecule has 33 heavy (non-hydrogen) atoms. The maximum Gasteiger partial charge on any atom is 0.483 e. The second-order valence-electron chi connectivity index (χ2n) is 6.83. The topological polar surface area (TPSA) is 277 Å². The molecule has 0 spiro atoms. The molecule has 2 unspecified atom stereocenters. The lowest BCUT2D eigenvalue weighted by atomic mass is 10.1. The number of H-pyrrole nitrogens is 1. The van der Waals surface area contributed by atoms with Gasteiger partial charge in [-0.25, -0.2) is 13.9 Å². The molecular formula is C13H20N2O16P2. The molecule has 0 saturated carbocycles.